The van der Waals surface area contributed by atoms with Crippen LogP contribution in [0.15, 0.2) is 23.3 Å². The highest BCUT2D eigenvalue weighted by Crippen LogP contribution is 2.23. The first-order valence-corrected chi connectivity index (χ1v) is 8.95. The van der Waals surface area contributed by atoms with Crippen LogP contribution in [0.1, 0.15) is 44.7 Å². The number of amides is 2. The van der Waals surface area contributed by atoms with Gasteiger partial charge in [-0.3, -0.25) is 14.5 Å². The lowest BCUT2D eigenvalue weighted by atomic mass is 10.1. The van der Waals surface area contributed by atoms with Crippen LogP contribution in [0.3, 0.4) is 0 Å². The van der Waals surface area contributed by atoms with Gasteiger partial charge in [-0.2, -0.15) is 5.10 Å². The fraction of sp³-hybridized carbons (Fsp3) is 0.526. The average Bonchev–Trinajstić information content (AvgIpc) is 3.11. The van der Waals surface area contributed by atoms with E-state index in [2.05, 4.69) is 20.7 Å². The van der Waals surface area contributed by atoms with Crippen molar-refractivity contribution >= 4 is 17.5 Å². The Hall–Kier alpha value is -2.41. The summed E-state index contributed by atoms with van der Waals surface area (Å²) in [5, 5.41) is 6.58. The van der Waals surface area contributed by atoms with Crippen LogP contribution < -0.4 is 15.5 Å². The number of benzene rings is 1. The van der Waals surface area contributed by atoms with Gasteiger partial charge in [0.2, 0.25) is 0 Å². The highest BCUT2D eigenvalue weighted by atomic mass is 16.5. The number of carbonyl (C=O) groups excluding carboxylic acids is 2. The summed E-state index contributed by atoms with van der Waals surface area (Å²) in [6, 6.07) is 5.72. The number of ether oxygens (including phenoxy) is 1. The number of hydrazone groups is 1. The molecule has 1 fully saturated rings. The zero-order valence-corrected chi connectivity index (χ0v) is 16.0. The number of hydrogen-bond acceptors (Lipinski definition) is 5. The lowest BCUT2D eigenvalue weighted by Gasteiger charge is -2.17. The molecule has 7 nitrogen and oxygen atoms in total. The normalized spacial score (nSPS) is 15.2. The molecular weight excluding hydrogens is 332 g/mol. The maximum Gasteiger partial charge on any atom is 0.329 e. The second kappa shape index (κ2) is 9.33. The first kappa shape index (κ1) is 19.9. The van der Waals surface area contributed by atoms with Gasteiger partial charge in [0.15, 0.2) is 0 Å². The van der Waals surface area contributed by atoms with Gasteiger partial charge in [-0.1, -0.05) is 0 Å². The summed E-state index contributed by atoms with van der Waals surface area (Å²) in [4.78, 5) is 25.8. The van der Waals surface area contributed by atoms with Crippen molar-refractivity contribution in [3.63, 3.8) is 0 Å². The van der Waals surface area contributed by atoms with Crippen LogP contribution in [0, 0.1) is 0 Å². The number of methoxy groups -OCH3 is 1. The summed E-state index contributed by atoms with van der Waals surface area (Å²) >= 11 is 0. The molecule has 0 aliphatic carbocycles. The van der Waals surface area contributed by atoms with Gasteiger partial charge in [0, 0.05) is 18.2 Å². The molecule has 1 aromatic carbocycles. The minimum atomic E-state index is -0.774. The van der Waals surface area contributed by atoms with E-state index in [1.165, 1.54) is 12.8 Å². The molecule has 1 aliphatic heterocycles. The fourth-order valence-corrected chi connectivity index (χ4v) is 2.89. The van der Waals surface area contributed by atoms with Crippen LogP contribution >= 0.6 is 0 Å². The van der Waals surface area contributed by atoms with Crippen molar-refractivity contribution in [2.45, 2.75) is 46.2 Å². The van der Waals surface area contributed by atoms with Crippen LogP contribution in [0.25, 0.3) is 0 Å². The molecule has 26 heavy (non-hydrogen) atoms. The quantitative estimate of drug-likeness (QED) is 0.459. The molecule has 0 atom stereocenters. The van der Waals surface area contributed by atoms with E-state index in [0.29, 0.717) is 5.71 Å². The third-order valence-electron chi connectivity index (χ3n) is 4.24. The number of hydrogen-bond donors (Lipinski definition) is 2. The van der Waals surface area contributed by atoms with Crippen molar-refractivity contribution in [3.8, 4) is 5.75 Å². The Balaban J connectivity index is 2.08. The second-order valence-corrected chi connectivity index (χ2v) is 6.78. The summed E-state index contributed by atoms with van der Waals surface area (Å²) in [7, 11) is 1.66. The Kier molecular flexibility index (Phi) is 7.15. The molecule has 1 aromatic rings. The van der Waals surface area contributed by atoms with E-state index in [1.807, 2.05) is 18.2 Å². The third-order valence-corrected chi connectivity index (χ3v) is 4.24. The Bertz CT molecular complexity index is 679. The molecule has 2 N–H and O–H groups in total. The lowest BCUT2D eigenvalue weighted by molar-refractivity contribution is -0.139. The number of nitrogens with one attached hydrogen (secondary N) is 2. The highest BCUT2D eigenvalue weighted by Gasteiger charge is 2.16. The van der Waals surface area contributed by atoms with Crippen molar-refractivity contribution in [1.29, 1.82) is 0 Å². The molecule has 1 heterocycles. The van der Waals surface area contributed by atoms with Gasteiger partial charge in [0.25, 0.3) is 0 Å². The van der Waals surface area contributed by atoms with E-state index in [4.69, 9.17) is 4.74 Å². The number of carbonyl (C=O) groups is 2. The molecule has 0 saturated carbocycles. The fourth-order valence-electron chi connectivity index (χ4n) is 2.89. The van der Waals surface area contributed by atoms with Crippen LogP contribution in [-0.2, 0) is 16.1 Å². The molecule has 0 radical (unpaired) electrons. The van der Waals surface area contributed by atoms with E-state index in [9.17, 15) is 9.59 Å². The Labute approximate surface area is 154 Å². The molecule has 1 saturated heterocycles. The lowest BCUT2D eigenvalue weighted by Crippen LogP contribution is -2.41. The standard InChI is InChI=1S/C19H28N4O3/c1-13(2)20-18(24)19(25)22-21-14(3)15-7-8-17(26-4)16(11-15)12-23-9-5-6-10-23/h7-8,11,13H,5-6,9-10,12H2,1-4H3,(H,20,24)(H,22,25)/b21-14-. The highest BCUT2D eigenvalue weighted by molar-refractivity contribution is 6.35. The van der Waals surface area contributed by atoms with E-state index in [0.717, 1.165) is 36.5 Å². The largest absolute Gasteiger partial charge is 0.496 e. The predicted octanol–water partition coefficient (Wildman–Crippen LogP) is 1.66. The van der Waals surface area contributed by atoms with E-state index < -0.39 is 11.8 Å². The summed E-state index contributed by atoms with van der Waals surface area (Å²) in [6.07, 6.45) is 2.46. The van der Waals surface area contributed by atoms with Crippen molar-refractivity contribution in [2.75, 3.05) is 20.2 Å². The predicted molar refractivity (Wildman–Crippen MR) is 101 cm³/mol. The van der Waals surface area contributed by atoms with Crippen LogP contribution in [0.4, 0.5) is 0 Å². The second-order valence-electron chi connectivity index (χ2n) is 6.78. The summed E-state index contributed by atoms with van der Waals surface area (Å²) in [5.74, 6) is -0.626. The smallest absolute Gasteiger partial charge is 0.329 e. The van der Waals surface area contributed by atoms with Crippen molar-refractivity contribution < 1.29 is 14.3 Å². The van der Waals surface area contributed by atoms with Crippen molar-refractivity contribution in [1.82, 2.24) is 15.6 Å². The van der Waals surface area contributed by atoms with Crippen molar-refractivity contribution in [2.24, 2.45) is 5.10 Å². The number of rotatable bonds is 6. The molecule has 2 amide bonds. The summed E-state index contributed by atoms with van der Waals surface area (Å²) < 4.78 is 5.47. The molecule has 142 valence electrons. The van der Waals surface area contributed by atoms with Gasteiger partial charge in [-0.25, -0.2) is 5.43 Å². The maximum absolute atomic E-state index is 11.8. The first-order chi connectivity index (χ1) is 12.4. The van der Waals surface area contributed by atoms with Crippen LogP contribution in [0.5, 0.6) is 5.75 Å². The SMILES string of the molecule is COc1ccc(/C(C)=N\NC(=O)C(=O)NC(C)C)cc1CN1CCCC1. The molecule has 0 spiro atoms. The zero-order chi connectivity index (χ0) is 19.1. The molecule has 0 unspecified atom stereocenters. The van der Waals surface area contributed by atoms with Gasteiger partial charge in [0.1, 0.15) is 5.75 Å². The first-order valence-electron chi connectivity index (χ1n) is 8.95. The van der Waals surface area contributed by atoms with E-state index >= 15 is 0 Å². The Morgan fingerprint density at radius 3 is 2.54 bits per heavy atom. The average molecular weight is 360 g/mol. The van der Waals surface area contributed by atoms with Gasteiger partial charge in [0.05, 0.1) is 12.8 Å². The number of likely N-dealkylation sites (tertiary alicyclic amines) is 1. The number of nitrogens with zero attached hydrogens (tertiary/aromatic N) is 2. The Morgan fingerprint density at radius 1 is 1.23 bits per heavy atom. The third kappa shape index (κ3) is 5.56. The van der Waals surface area contributed by atoms with Gasteiger partial charge < -0.3 is 10.1 Å². The Morgan fingerprint density at radius 2 is 1.92 bits per heavy atom. The van der Waals surface area contributed by atoms with E-state index in [-0.39, 0.29) is 6.04 Å². The molecule has 2 rings (SSSR count). The topological polar surface area (TPSA) is 83.0 Å². The zero-order valence-electron chi connectivity index (χ0n) is 16.0. The summed E-state index contributed by atoms with van der Waals surface area (Å²) in [6.45, 7) is 8.40. The monoisotopic (exact) mass is 360 g/mol. The molecule has 7 heteroatoms. The molecule has 0 bridgehead atoms. The minimum Gasteiger partial charge on any atom is -0.496 e. The molecular formula is C19H28N4O3. The van der Waals surface area contributed by atoms with Crippen LogP contribution in [-0.4, -0.2) is 48.7 Å². The maximum atomic E-state index is 11.8. The van der Waals surface area contributed by atoms with Crippen molar-refractivity contribution in [3.05, 3.63) is 29.3 Å². The molecule has 1 aliphatic rings. The van der Waals surface area contributed by atoms with Gasteiger partial charge in [-0.15, -0.1) is 0 Å². The molecule has 0 aromatic heterocycles. The van der Waals surface area contributed by atoms with Gasteiger partial charge in [-0.05, 0) is 70.5 Å². The summed E-state index contributed by atoms with van der Waals surface area (Å²) in [5.41, 5.74) is 4.90. The van der Waals surface area contributed by atoms with Gasteiger partial charge >= 0.3 is 11.8 Å². The van der Waals surface area contributed by atoms with Crippen LogP contribution in [0.2, 0.25) is 0 Å². The minimum absolute atomic E-state index is 0.104. The van der Waals surface area contributed by atoms with E-state index in [1.54, 1.807) is 27.9 Å².